The first kappa shape index (κ1) is 13.7. The number of carboxylic acids is 1. The second-order valence-corrected chi connectivity index (χ2v) is 6.44. The monoisotopic (exact) mass is 271 g/mol. The maximum Gasteiger partial charge on any atom is 0.306 e. The van der Waals surface area contributed by atoms with E-state index >= 15 is 0 Å². The van der Waals surface area contributed by atoms with Crippen molar-refractivity contribution < 1.29 is 14.7 Å². The predicted octanol–water partition coefficient (Wildman–Crippen LogP) is 1.89. The first-order valence-corrected chi connectivity index (χ1v) is 7.96. The molecule has 4 atom stereocenters. The van der Waals surface area contributed by atoms with Gasteiger partial charge in [-0.1, -0.05) is 6.42 Å². The maximum absolute atomic E-state index is 12.1. The summed E-state index contributed by atoms with van der Waals surface area (Å²) in [6.07, 6.45) is 7.38. The van der Waals surface area contributed by atoms with Crippen LogP contribution in [0.15, 0.2) is 0 Å². The van der Waals surface area contributed by atoms with Crippen molar-refractivity contribution in [2.75, 3.05) is 6.26 Å². The molecule has 0 aliphatic heterocycles. The summed E-state index contributed by atoms with van der Waals surface area (Å²) in [6.45, 7) is 0. The van der Waals surface area contributed by atoms with E-state index in [2.05, 4.69) is 11.6 Å². The van der Waals surface area contributed by atoms with Crippen molar-refractivity contribution in [3.05, 3.63) is 0 Å². The Bertz CT molecular complexity index is 334. The average molecular weight is 271 g/mol. The fourth-order valence-corrected chi connectivity index (χ4v) is 4.05. The van der Waals surface area contributed by atoms with Crippen LogP contribution in [0.1, 0.15) is 38.5 Å². The van der Waals surface area contributed by atoms with Gasteiger partial charge in [-0.2, -0.15) is 11.8 Å². The molecule has 0 bridgehead atoms. The van der Waals surface area contributed by atoms with E-state index in [-0.39, 0.29) is 23.8 Å². The Balaban J connectivity index is 1.83. The SMILES string of the molecule is CSC1CCCC1NC(=O)C1CCC(C(=O)O)C1. The zero-order valence-electron chi connectivity index (χ0n) is 10.7. The van der Waals surface area contributed by atoms with E-state index in [1.165, 1.54) is 12.8 Å². The van der Waals surface area contributed by atoms with Crippen molar-refractivity contribution in [3.8, 4) is 0 Å². The fraction of sp³-hybridized carbons (Fsp3) is 0.846. The third-order valence-electron chi connectivity index (χ3n) is 4.24. The number of nitrogens with one attached hydrogen (secondary N) is 1. The van der Waals surface area contributed by atoms with Crippen LogP contribution in [0.2, 0.25) is 0 Å². The molecule has 4 unspecified atom stereocenters. The standard InChI is InChI=1S/C13H21NO3S/c1-18-11-4-2-3-10(11)14-12(15)8-5-6-9(7-8)13(16)17/h8-11H,2-7H2,1H3,(H,14,15)(H,16,17). The molecule has 4 nitrogen and oxygen atoms in total. The minimum atomic E-state index is -0.756. The van der Waals surface area contributed by atoms with Gasteiger partial charge in [-0.25, -0.2) is 0 Å². The second-order valence-electron chi connectivity index (χ2n) is 5.37. The molecule has 0 aromatic rings. The minimum Gasteiger partial charge on any atom is -0.481 e. The minimum absolute atomic E-state index is 0.0738. The van der Waals surface area contributed by atoms with Gasteiger partial charge in [0, 0.05) is 17.2 Å². The van der Waals surface area contributed by atoms with Crippen LogP contribution in [0.4, 0.5) is 0 Å². The molecule has 0 saturated heterocycles. The topological polar surface area (TPSA) is 66.4 Å². The van der Waals surface area contributed by atoms with Gasteiger partial charge in [0.2, 0.25) is 5.91 Å². The van der Waals surface area contributed by atoms with E-state index in [4.69, 9.17) is 5.11 Å². The number of hydrogen-bond donors (Lipinski definition) is 2. The normalized spacial score (nSPS) is 35.6. The summed E-state index contributed by atoms with van der Waals surface area (Å²) >= 11 is 1.82. The van der Waals surface area contributed by atoms with Gasteiger partial charge in [0.25, 0.3) is 0 Å². The molecule has 0 heterocycles. The number of carbonyl (C=O) groups excluding carboxylic acids is 1. The van der Waals surface area contributed by atoms with Gasteiger partial charge in [-0.15, -0.1) is 0 Å². The Morgan fingerprint density at radius 1 is 1.17 bits per heavy atom. The van der Waals surface area contributed by atoms with Gasteiger partial charge >= 0.3 is 5.97 Å². The summed E-state index contributed by atoms with van der Waals surface area (Å²) < 4.78 is 0. The summed E-state index contributed by atoms with van der Waals surface area (Å²) in [5.74, 6) is -1.09. The van der Waals surface area contributed by atoms with Crippen molar-refractivity contribution in [2.24, 2.45) is 11.8 Å². The third kappa shape index (κ3) is 2.99. The number of carboxylic acid groups (broad SMARTS) is 1. The first-order chi connectivity index (χ1) is 8.61. The van der Waals surface area contributed by atoms with Crippen molar-refractivity contribution in [1.29, 1.82) is 0 Å². The van der Waals surface area contributed by atoms with Gasteiger partial charge in [0.15, 0.2) is 0 Å². The highest BCUT2D eigenvalue weighted by Crippen LogP contribution is 2.33. The Morgan fingerprint density at radius 3 is 2.50 bits per heavy atom. The molecule has 2 N–H and O–H groups in total. The summed E-state index contributed by atoms with van der Waals surface area (Å²) in [6, 6.07) is 0.288. The number of rotatable bonds is 4. The average Bonchev–Trinajstić information content (AvgIpc) is 2.96. The van der Waals surface area contributed by atoms with Crippen LogP contribution in [0.3, 0.4) is 0 Å². The highest BCUT2D eigenvalue weighted by Gasteiger charge is 2.36. The van der Waals surface area contributed by atoms with Gasteiger partial charge < -0.3 is 10.4 Å². The highest BCUT2D eigenvalue weighted by atomic mass is 32.2. The lowest BCUT2D eigenvalue weighted by molar-refractivity contribution is -0.141. The fourth-order valence-electron chi connectivity index (χ4n) is 3.12. The number of aliphatic carboxylic acids is 1. The lowest BCUT2D eigenvalue weighted by Gasteiger charge is -2.21. The summed E-state index contributed by atoms with van der Waals surface area (Å²) in [5, 5.41) is 12.6. The zero-order valence-corrected chi connectivity index (χ0v) is 11.5. The Labute approximate surface area is 112 Å². The quantitative estimate of drug-likeness (QED) is 0.819. The zero-order chi connectivity index (χ0) is 13.1. The summed E-state index contributed by atoms with van der Waals surface area (Å²) in [5.41, 5.74) is 0. The van der Waals surface area contributed by atoms with Gasteiger partial charge in [0.1, 0.15) is 0 Å². The first-order valence-electron chi connectivity index (χ1n) is 6.67. The Hall–Kier alpha value is -0.710. The number of hydrogen-bond acceptors (Lipinski definition) is 3. The Morgan fingerprint density at radius 2 is 1.89 bits per heavy atom. The predicted molar refractivity (Wildman–Crippen MR) is 71.6 cm³/mol. The van der Waals surface area contributed by atoms with E-state index in [0.717, 1.165) is 12.8 Å². The lowest BCUT2D eigenvalue weighted by atomic mass is 10.0. The molecule has 2 rings (SSSR count). The number of amides is 1. The van der Waals surface area contributed by atoms with Gasteiger partial charge in [0.05, 0.1) is 5.92 Å². The van der Waals surface area contributed by atoms with Crippen LogP contribution in [-0.2, 0) is 9.59 Å². The molecule has 2 fully saturated rings. The van der Waals surface area contributed by atoms with E-state index in [9.17, 15) is 9.59 Å². The van der Waals surface area contributed by atoms with E-state index in [1.807, 2.05) is 11.8 Å². The van der Waals surface area contributed by atoms with E-state index in [1.54, 1.807) is 0 Å². The molecule has 0 aromatic carbocycles. The van der Waals surface area contributed by atoms with Gasteiger partial charge in [-0.05, 0) is 38.4 Å². The summed E-state index contributed by atoms with van der Waals surface area (Å²) in [4.78, 5) is 23.0. The van der Waals surface area contributed by atoms with Crippen LogP contribution in [0.25, 0.3) is 0 Å². The van der Waals surface area contributed by atoms with Crippen LogP contribution < -0.4 is 5.32 Å². The molecule has 0 aromatic heterocycles. The third-order valence-corrected chi connectivity index (χ3v) is 5.41. The Kier molecular flexibility index (Phi) is 4.54. The van der Waals surface area contributed by atoms with E-state index < -0.39 is 5.97 Å². The maximum atomic E-state index is 12.1. The van der Waals surface area contributed by atoms with Crippen LogP contribution in [0.5, 0.6) is 0 Å². The molecule has 1 amide bonds. The van der Waals surface area contributed by atoms with Crippen LogP contribution in [-0.4, -0.2) is 34.5 Å². The van der Waals surface area contributed by atoms with Crippen molar-refractivity contribution >= 4 is 23.6 Å². The molecular formula is C13H21NO3S. The molecule has 0 radical (unpaired) electrons. The van der Waals surface area contributed by atoms with Crippen LogP contribution >= 0.6 is 11.8 Å². The van der Waals surface area contributed by atoms with E-state index in [0.29, 0.717) is 18.1 Å². The molecule has 2 aliphatic carbocycles. The van der Waals surface area contributed by atoms with Crippen molar-refractivity contribution in [1.82, 2.24) is 5.32 Å². The highest BCUT2D eigenvalue weighted by molar-refractivity contribution is 7.99. The van der Waals surface area contributed by atoms with Crippen molar-refractivity contribution in [2.45, 2.75) is 49.8 Å². The lowest BCUT2D eigenvalue weighted by Crippen LogP contribution is -2.41. The smallest absolute Gasteiger partial charge is 0.306 e. The number of carbonyl (C=O) groups is 2. The second kappa shape index (κ2) is 5.95. The van der Waals surface area contributed by atoms with Crippen molar-refractivity contribution in [3.63, 3.8) is 0 Å². The molecule has 0 spiro atoms. The molecule has 2 saturated carbocycles. The molecule has 5 heteroatoms. The number of thioether (sulfide) groups is 1. The molecule has 18 heavy (non-hydrogen) atoms. The van der Waals surface area contributed by atoms with Gasteiger partial charge in [-0.3, -0.25) is 9.59 Å². The summed E-state index contributed by atoms with van der Waals surface area (Å²) in [7, 11) is 0. The molecule has 2 aliphatic rings. The largest absolute Gasteiger partial charge is 0.481 e. The molecular weight excluding hydrogens is 250 g/mol. The van der Waals surface area contributed by atoms with Crippen LogP contribution in [0, 0.1) is 11.8 Å². The molecule has 102 valence electrons.